The Bertz CT molecular complexity index is 475. The summed E-state index contributed by atoms with van der Waals surface area (Å²) >= 11 is 0. The Morgan fingerprint density at radius 2 is 1.85 bits per heavy atom. The first kappa shape index (κ1) is 12.6. The van der Waals surface area contributed by atoms with Crippen molar-refractivity contribution >= 4 is 11.9 Å². The van der Waals surface area contributed by atoms with Gasteiger partial charge in [-0.25, -0.2) is 0 Å². The molecule has 3 aliphatic heterocycles. The minimum atomic E-state index is -0.301. The second kappa shape index (κ2) is 3.97. The highest BCUT2D eigenvalue weighted by Crippen LogP contribution is 2.51. The molecular weight excluding hydrogens is 260 g/mol. The Morgan fingerprint density at radius 1 is 1.10 bits per heavy atom. The Balaban J connectivity index is 1.62. The first-order valence-electron chi connectivity index (χ1n) is 7.57. The van der Waals surface area contributed by atoms with Crippen molar-refractivity contribution in [3.8, 4) is 0 Å². The number of hydrogen-bond donors (Lipinski definition) is 0. The van der Waals surface area contributed by atoms with Gasteiger partial charge in [-0.1, -0.05) is 6.92 Å². The van der Waals surface area contributed by atoms with Crippen LogP contribution in [0.3, 0.4) is 0 Å². The zero-order valence-electron chi connectivity index (χ0n) is 11.8. The fourth-order valence-electron chi connectivity index (χ4n) is 4.24. The van der Waals surface area contributed by atoms with Crippen molar-refractivity contribution in [2.24, 2.45) is 17.8 Å². The number of carbonyl (C=O) groups excluding carboxylic acids is 2. The van der Waals surface area contributed by atoms with Crippen LogP contribution in [0.2, 0.25) is 0 Å². The summed E-state index contributed by atoms with van der Waals surface area (Å²) in [6.07, 6.45) is 2.93. The summed E-state index contributed by atoms with van der Waals surface area (Å²) < 4.78 is 16.8. The lowest BCUT2D eigenvalue weighted by Crippen LogP contribution is -2.30. The zero-order chi connectivity index (χ0) is 14.1. The Hall–Kier alpha value is -1.10. The minimum absolute atomic E-state index is 0.0233. The summed E-state index contributed by atoms with van der Waals surface area (Å²) in [5.41, 5.74) is -0.301. The molecule has 4 rings (SSSR count). The van der Waals surface area contributed by atoms with Gasteiger partial charge in [-0.05, 0) is 19.8 Å². The summed E-state index contributed by atoms with van der Waals surface area (Å²) in [5, 5.41) is 0. The second-order valence-corrected chi connectivity index (χ2v) is 6.97. The zero-order valence-corrected chi connectivity index (χ0v) is 11.8. The van der Waals surface area contributed by atoms with Crippen molar-refractivity contribution in [1.82, 2.24) is 0 Å². The molecule has 5 nitrogen and oxygen atoms in total. The lowest BCUT2D eigenvalue weighted by atomic mass is 9.79. The van der Waals surface area contributed by atoms with Crippen LogP contribution in [0.5, 0.6) is 0 Å². The van der Waals surface area contributed by atoms with Gasteiger partial charge in [-0.3, -0.25) is 9.59 Å². The predicted octanol–water partition coefficient (Wildman–Crippen LogP) is 1.44. The normalized spacial score (nSPS) is 53.7. The third-order valence-electron chi connectivity index (χ3n) is 5.61. The highest BCUT2D eigenvalue weighted by molar-refractivity contribution is 5.76. The SMILES string of the molecule is CC1C(=O)OC2CC3(C)OC3C3CC(CCC21)C(=O)O3. The van der Waals surface area contributed by atoms with Gasteiger partial charge in [0.05, 0.1) is 17.4 Å². The minimum Gasteiger partial charge on any atom is -0.462 e. The van der Waals surface area contributed by atoms with Crippen molar-refractivity contribution in [2.45, 2.75) is 63.4 Å². The van der Waals surface area contributed by atoms with Crippen LogP contribution in [0.15, 0.2) is 0 Å². The number of esters is 2. The number of carbonyl (C=O) groups is 2. The maximum Gasteiger partial charge on any atom is 0.309 e. The van der Waals surface area contributed by atoms with Crippen LogP contribution in [-0.2, 0) is 23.8 Å². The van der Waals surface area contributed by atoms with Crippen LogP contribution in [-0.4, -0.2) is 35.9 Å². The molecule has 7 unspecified atom stereocenters. The Labute approximate surface area is 117 Å². The van der Waals surface area contributed by atoms with E-state index >= 15 is 0 Å². The third-order valence-corrected chi connectivity index (χ3v) is 5.61. The topological polar surface area (TPSA) is 65.1 Å². The van der Waals surface area contributed by atoms with E-state index in [1.807, 2.05) is 13.8 Å². The van der Waals surface area contributed by atoms with Gasteiger partial charge < -0.3 is 14.2 Å². The number of epoxide rings is 1. The van der Waals surface area contributed by atoms with Crippen molar-refractivity contribution in [2.75, 3.05) is 0 Å². The molecule has 20 heavy (non-hydrogen) atoms. The average Bonchev–Trinajstić information content (AvgIpc) is 2.80. The summed E-state index contributed by atoms with van der Waals surface area (Å²) in [4.78, 5) is 23.7. The van der Waals surface area contributed by atoms with E-state index < -0.39 is 0 Å². The number of ether oxygens (including phenoxy) is 3. The molecule has 2 bridgehead atoms. The highest BCUT2D eigenvalue weighted by Gasteiger charge is 2.63. The van der Waals surface area contributed by atoms with Crippen LogP contribution in [0.1, 0.15) is 39.5 Å². The molecule has 0 aromatic rings. The van der Waals surface area contributed by atoms with Gasteiger partial charge in [-0.15, -0.1) is 0 Å². The van der Waals surface area contributed by atoms with Gasteiger partial charge in [0.15, 0.2) is 0 Å². The highest BCUT2D eigenvalue weighted by atomic mass is 16.6. The largest absolute Gasteiger partial charge is 0.462 e. The first-order valence-corrected chi connectivity index (χ1v) is 7.57. The van der Waals surface area contributed by atoms with E-state index in [1.165, 1.54) is 0 Å². The molecule has 7 atom stereocenters. The van der Waals surface area contributed by atoms with Crippen LogP contribution >= 0.6 is 0 Å². The third kappa shape index (κ3) is 1.72. The van der Waals surface area contributed by atoms with Crippen LogP contribution in [0.4, 0.5) is 0 Å². The van der Waals surface area contributed by atoms with Crippen LogP contribution in [0, 0.1) is 17.8 Å². The monoisotopic (exact) mass is 280 g/mol. The maximum atomic E-state index is 11.9. The van der Waals surface area contributed by atoms with Gasteiger partial charge in [0.25, 0.3) is 0 Å². The lowest BCUT2D eigenvalue weighted by Gasteiger charge is -2.23. The Kier molecular flexibility index (Phi) is 2.50. The molecule has 0 aromatic carbocycles. The van der Waals surface area contributed by atoms with E-state index in [0.29, 0.717) is 0 Å². The van der Waals surface area contributed by atoms with Gasteiger partial charge in [0, 0.05) is 18.8 Å². The molecule has 4 aliphatic rings. The van der Waals surface area contributed by atoms with Gasteiger partial charge in [0.2, 0.25) is 0 Å². The predicted molar refractivity (Wildman–Crippen MR) is 67.7 cm³/mol. The van der Waals surface area contributed by atoms with Gasteiger partial charge in [-0.2, -0.15) is 0 Å². The smallest absolute Gasteiger partial charge is 0.309 e. The molecule has 0 amide bonds. The van der Waals surface area contributed by atoms with E-state index in [2.05, 4.69) is 0 Å². The number of fused-ring (bicyclic) bond motifs is 5. The van der Waals surface area contributed by atoms with Crippen molar-refractivity contribution in [3.05, 3.63) is 0 Å². The quantitative estimate of drug-likeness (QED) is 0.496. The van der Waals surface area contributed by atoms with Crippen molar-refractivity contribution in [1.29, 1.82) is 0 Å². The molecule has 3 saturated heterocycles. The molecule has 0 radical (unpaired) electrons. The van der Waals surface area contributed by atoms with Crippen LogP contribution in [0.25, 0.3) is 0 Å². The fourth-order valence-corrected chi connectivity index (χ4v) is 4.24. The molecule has 0 spiro atoms. The lowest BCUT2D eigenvalue weighted by molar-refractivity contribution is -0.145. The fraction of sp³-hybridized carbons (Fsp3) is 0.867. The molecule has 0 aromatic heterocycles. The summed E-state index contributed by atoms with van der Waals surface area (Å²) in [6, 6.07) is 0. The molecule has 4 fully saturated rings. The molecule has 1 aliphatic carbocycles. The van der Waals surface area contributed by atoms with E-state index in [1.54, 1.807) is 0 Å². The van der Waals surface area contributed by atoms with E-state index in [-0.39, 0.29) is 53.6 Å². The van der Waals surface area contributed by atoms with E-state index in [9.17, 15) is 9.59 Å². The molecule has 0 N–H and O–H groups in total. The first-order chi connectivity index (χ1) is 9.48. The number of rotatable bonds is 0. The van der Waals surface area contributed by atoms with Crippen molar-refractivity contribution in [3.63, 3.8) is 0 Å². The average molecular weight is 280 g/mol. The summed E-state index contributed by atoms with van der Waals surface area (Å²) in [7, 11) is 0. The second-order valence-electron chi connectivity index (χ2n) is 6.97. The number of hydrogen-bond acceptors (Lipinski definition) is 5. The molecular formula is C15H20O5. The van der Waals surface area contributed by atoms with E-state index in [0.717, 1.165) is 25.7 Å². The molecule has 1 saturated carbocycles. The Morgan fingerprint density at radius 3 is 2.65 bits per heavy atom. The molecule has 5 heteroatoms. The van der Waals surface area contributed by atoms with Crippen molar-refractivity contribution < 1.29 is 23.8 Å². The summed E-state index contributed by atoms with van der Waals surface area (Å²) in [5.74, 6) is -0.102. The maximum absolute atomic E-state index is 11.9. The molecule has 3 heterocycles. The van der Waals surface area contributed by atoms with E-state index in [4.69, 9.17) is 14.2 Å². The van der Waals surface area contributed by atoms with Crippen LogP contribution < -0.4 is 0 Å². The van der Waals surface area contributed by atoms with Gasteiger partial charge in [0.1, 0.15) is 18.3 Å². The summed E-state index contributed by atoms with van der Waals surface area (Å²) in [6.45, 7) is 3.97. The van der Waals surface area contributed by atoms with Gasteiger partial charge >= 0.3 is 11.9 Å². The molecule has 110 valence electrons. The standard InChI is InChI=1S/C15H20O5/c1-7-9-4-3-8-5-10(18-14(8)17)12-15(2,20-12)6-11(9)19-13(7)16/h7-12H,3-6H2,1-2H3.